The molecule has 0 spiro atoms. The molecule has 4 heteroatoms. The molecular weight excluding hydrogens is 222 g/mol. The maximum absolute atomic E-state index is 6.22. The molecule has 1 aromatic heterocycles. The van der Waals surface area contributed by atoms with Gasteiger partial charge in [0.2, 0.25) is 0 Å². The Labute approximate surface area is 100 Å². The van der Waals surface area contributed by atoms with Crippen molar-refractivity contribution in [3.8, 4) is 0 Å². The van der Waals surface area contributed by atoms with Crippen molar-refractivity contribution in [2.24, 2.45) is 18.7 Å². The molecule has 2 rings (SSSR count). The van der Waals surface area contributed by atoms with Crippen molar-refractivity contribution in [1.82, 2.24) is 9.55 Å². The van der Waals surface area contributed by atoms with E-state index in [0.29, 0.717) is 12.5 Å². The highest BCUT2D eigenvalue weighted by Crippen LogP contribution is 2.24. The summed E-state index contributed by atoms with van der Waals surface area (Å²) in [5, 5.41) is 0.784. The van der Waals surface area contributed by atoms with E-state index in [-0.39, 0.29) is 0 Å². The Morgan fingerprint density at radius 2 is 2.25 bits per heavy atom. The minimum absolute atomic E-state index is 0.447. The highest BCUT2D eigenvalue weighted by atomic mass is 35.5. The van der Waals surface area contributed by atoms with Gasteiger partial charge in [-0.2, -0.15) is 0 Å². The number of aryl methyl sites for hydroxylation is 1. The number of nitrogens with zero attached hydrogens (tertiary/aromatic N) is 2. The summed E-state index contributed by atoms with van der Waals surface area (Å²) >= 11 is 6.22. The molecule has 1 aromatic carbocycles. The summed E-state index contributed by atoms with van der Waals surface area (Å²) in [7, 11) is 1.99. The average molecular weight is 238 g/mol. The van der Waals surface area contributed by atoms with Crippen LogP contribution in [0.4, 0.5) is 0 Å². The first-order valence-corrected chi connectivity index (χ1v) is 5.79. The van der Waals surface area contributed by atoms with Crippen LogP contribution < -0.4 is 5.73 Å². The second kappa shape index (κ2) is 4.44. The molecule has 3 nitrogen and oxygen atoms in total. The van der Waals surface area contributed by atoms with Gasteiger partial charge in [-0.3, -0.25) is 0 Å². The van der Waals surface area contributed by atoms with Crippen LogP contribution in [0.1, 0.15) is 12.5 Å². The Morgan fingerprint density at radius 1 is 1.50 bits per heavy atom. The number of rotatable bonds is 3. The van der Waals surface area contributed by atoms with Gasteiger partial charge >= 0.3 is 0 Å². The van der Waals surface area contributed by atoms with Gasteiger partial charge in [0, 0.05) is 12.1 Å². The van der Waals surface area contributed by atoms with E-state index in [0.717, 1.165) is 28.0 Å². The van der Waals surface area contributed by atoms with Gasteiger partial charge in [0.15, 0.2) is 0 Å². The van der Waals surface area contributed by atoms with Gasteiger partial charge in [0.25, 0.3) is 0 Å². The summed E-state index contributed by atoms with van der Waals surface area (Å²) in [6.45, 7) is 2.81. The fourth-order valence-electron chi connectivity index (χ4n) is 1.81. The Hall–Kier alpha value is -1.06. The molecule has 0 saturated carbocycles. The second-order valence-corrected chi connectivity index (χ2v) is 4.74. The van der Waals surface area contributed by atoms with Crippen LogP contribution in [-0.4, -0.2) is 16.1 Å². The van der Waals surface area contributed by atoms with E-state index < -0.39 is 0 Å². The lowest BCUT2D eigenvalue weighted by molar-refractivity contribution is 0.593. The second-order valence-electron chi connectivity index (χ2n) is 4.33. The highest BCUT2D eigenvalue weighted by molar-refractivity contribution is 6.32. The van der Waals surface area contributed by atoms with Crippen LogP contribution >= 0.6 is 11.6 Å². The molecule has 0 amide bonds. The first-order chi connectivity index (χ1) is 7.61. The lowest BCUT2D eigenvalue weighted by Crippen LogP contribution is -2.13. The largest absolute Gasteiger partial charge is 0.334 e. The highest BCUT2D eigenvalue weighted by Gasteiger charge is 2.09. The van der Waals surface area contributed by atoms with Crippen molar-refractivity contribution in [3.63, 3.8) is 0 Å². The van der Waals surface area contributed by atoms with Crippen LogP contribution in [0.15, 0.2) is 18.5 Å². The molecule has 0 aliphatic carbocycles. The van der Waals surface area contributed by atoms with Crippen molar-refractivity contribution < 1.29 is 0 Å². The lowest BCUT2D eigenvalue weighted by Gasteiger charge is -2.10. The minimum Gasteiger partial charge on any atom is -0.334 e. The van der Waals surface area contributed by atoms with Gasteiger partial charge in [-0.25, -0.2) is 4.98 Å². The summed E-state index contributed by atoms with van der Waals surface area (Å²) in [4.78, 5) is 4.27. The van der Waals surface area contributed by atoms with Crippen LogP contribution in [0, 0.1) is 5.92 Å². The number of halogens is 1. The van der Waals surface area contributed by atoms with Crippen LogP contribution in [0.3, 0.4) is 0 Å². The van der Waals surface area contributed by atoms with Crippen molar-refractivity contribution in [1.29, 1.82) is 0 Å². The summed E-state index contributed by atoms with van der Waals surface area (Å²) in [5.74, 6) is 0.447. The predicted molar refractivity (Wildman–Crippen MR) is 67.6 cm³/mol. The molecule has 0 aliphatic rings. The van der Waals surface area contributed by atoms with Gasteiger partial charge in [0.05, 0.1) is 17.4 Å². The Kier molecular flexibility index (Phi) is 3.17. The first kappa shape index (κ1) is 11.4. The molecule has 1 atom stereocenters. The molecule has 0 aliphatic heterocycles. The van der Waals surface area contributed by atoms with Crippen LogP contribution in [0.25, 0.3) is 11.0 Å². The SMILES string of the molecule is CC(CN)Cc1cc2c(cc1Cl)ncn2C. The fourth-order valence-corrected chi connectivity index (χ4v) is 2.04. The molecule has 1 unspecified atom stereocenters. The number of benzene rings is 1. The molecule has 2 aromatic rings. The van der Waals surface area contributed by atoms with Crippen LogP contribution in [-0.2, 0) is 13.5 Å². The molecule has 0 saturated heterocycles. The molecule has 0 fully saturated rings. The number of imidazole rings is 1. The Balaban J connectivity index is 2.44. The monoisotopic (exact) mass is 237 g/mol. The summed E-state index contributed by atoms with van der Waals surface area (Å²) in [5.41, 5.74) is 8.84. The number of fused-ring (bicyclic) bond motifs is 1. The van der Waals surface area contributed by atoms with E-state index in [1.807, 2.05) is 17.7 Å². The molecule has 16 heavy (non-hydrogen) atoms. The van der Waals surface area contributed by atoms with Crippen molar-refractivity contribution in [3.05, 3.63) is 29.0 Å². The number of hydrogen-bond acceptors (Lipinski definition) is 2. The smallest absolute Gasteiger partial charge is 0.0955 e. The minimum atomic E-state index is 0.447. The maximum Gasteiger partial charge on any atom is 0.0955 e. The molecule has 2 N–H and O–H groups in total. The third kappa shape index (κ3) is 2.06. The zero-order chi connectivity index (χ0) is 11.7. The summed E-state index contributed by atoms with van der Waals surface area (Å²) in [6, 6.07) is 4.03. The normalized spacial score (nSPS) is 13.2. The first-order valence-electron chi connectivity index (χ1n) is 5.41. The van der Waals surface area contributed by atoms with E-state index in [4.69, 9.17) is 17.3 Å². The van der Waals surface area contributed by atoms with Gasteiger partial charge in [-0.05, 0) is 36.6 Å². The molecule has 0 bridgehead atoms. The summed E-state index contributed by atoms with van der Waals surface area (Å²) in [6.07, 6.45) is 2.72. The molecule has 86 valence electrons. The molecule has 1 heterocycles. The standard InChI is InChI=1S/C12H16ClN3/c1-8(6-14)3-9-4-12-11(5-10(9)13)15-7-16(12)2/h4-5,7-8H,3,6,14H2,1-2H3. The zero-order valence-corrected chi connectivity index (χ0v) is 10.3. The van der Waals surface area contributed by atoms with Gasteiger partial charge in [0.1, 0.15) is 0 Å². The fraction of sp³-hybridized carbons (Fsp3) is 0.417. The van der Waals surface area contributed by atoms with Gasteiger partial charge < -0.3 is 10.3 Å². The van der Waals surface area contributed by atoms with Crippen molar-refractivity contribution >= 4 is 22.6 Å². The Bertz CT molecular complexity index is 504. The van der Waals surface area contributed by atoms with Crippen molar-refractivity contribution in [2.45, 2.75) is 13.3 Å². The third-order valence-corrected chi connectivity index (χ3v) is 3.22. The van der Waals surface area contributed by atoms with E-state index >= 15 is 0 Å². The molecule has 0 radical (unpaired) electrons. The average Bonchev–Trinajstić information content (AvgIpc) is 2.61. The van der Waals surface area contributed by atoms with E-state index in [1.54, 1.807) is 6.33 Å². The third-order valence-electron chi connectivity index (χ3n) is 2.86. The predicted octanol–water partition coefficient (Wildman–Crippen LogP) is 2.36. The van der Waals surface area contributed by atoms with Crippen molar-refractivity contribution in [2.75, 3.05) is 6.54 Å². The number of hydrogen-bond donors (Lipinski definition) is 1. The van der Waals surface area contributed by atoms with E-state index in [1.165, 1.54) is 0 Å². The van der Waals surface area contributed by atoms with Gasteiger partial charge in [-0.15, -0.1) is 0 Å². The Morgan fingerprint density at radius 3 is 2.94 bits per heavy atom. The number of aromatic nitrogens is 2. The van der Waals surface area contributed by atoms with Gasteiger partial charge in [-0.1, -0.05) is 18.5 Å². The topological polar surface area (TPSA) is 43.8 Å². The zero-order valence-electron chi connectivity index (χ0n) is 9.57. The van der Waals surface area contributed by atoms with Crippen LogP contribution in [0.2, 0.25) is 5.02 Å². The van der Waals surface area contributed by atoms with E-state index in [2.05, 4.69) is 18.0 Å². The maximum atomic E-state index is 6.22. The van der Waals surface area contributed by atoms with Crippen LogP contribution in [0.5, 0.6) is 0 Å². The lowest BCUT2D eigenvalue weighted by atomic mass is 10.0. The van der Waals surface area contributed by atoms with E-state index in [9.17, 15) is 0 Å². The molecular formula is C12H16ClN3. The quantitative estimate of drug-likeness (QED) is 0.891. The summed E-state index contributed by atoms with van der Waals surface area (Å²) < 4.78 is 2.00. The number of nitrogens with two attached hydrogens (primary N) is 1.